The molecule has 0 saturated carbocycles. The molecule has 0 bridgehead atoms. The van der Waals surface area contributed by atoms with Crippen LogP contribution in [-0.4, -0.2) is 20.6 Å². The monoisotopic (exact) mass is 380 g/mol. The maximum atomic E-state index is 12.4. The molecule has 1 aromatic heterocycles. The van der Waals surface area contributed by atoms with E-state index in [1.165, 1.54) is 4.68 Å². The molecule has 8 heteroatoms. The summed E-state index contributed by atoms with van der Waals surface area (Å²) in [5, 5.41) is 17.7. The average Bonchev–Trinajstić information content (AvgIpc) is 2.78. The van der Waals surface area contributed by atoms with Gasteiger partial charge in [-0.15, -0.1) is 0 Å². The Kier molecular flexibility index (Phi) is 4.84. The Labute approximate surface area is 142 Å². The number of hydrogen-bond acceptors (Lipinski definition) is 4. The Morgan fingerprint density at radius 2 is 2.00 bits per heavy atom. The highest BCUT2D eigenvalue weighted by Gasteiger charge is 2.29. The van der Waals surface area contributed by atoms with E-state index in [4.69, 9.17) is 0 Å². The molecule has 0 radical (unpaired) electrons. The van der Waals surface area contributed by atoms with Crippen LogP contribution in [0.1, 0.15) is 29.8 Å². The van der Waals surface area contributed by atoms with Crippen LogP contribution in [0.25, 0.3) is 0 Å². The number of carbonyl (C=O) groups excluding carboxylic acids is 1. The molecule has 1 aromatic carbocycles. The van der Waals surface area contributed by atoms with Gasteiger partial charge in [0.05, 0.1) is 10.8 Å². The van der Waals surface area contributed by atoms with Crippen LogP contribution < -0.4 is 5.32 Å². The molecule has 122 valence electrons. The Morgan fingerprint density at radius 1 is 1.35 bits per heavy atom. The van der Waals surface area contributed by atoms with Gasteiger partial charge in [0.15, 0.2) is 0 Å². The summed E-state index contributed by atoms with van der Waals surface area (Å²) in [6.45, 7) is 7.27. The van der Waals surface area contributed by atoms with Gasteiger partial charge in [0.1, 0.15) is 10.5 Å². The molecule has 2 aromatic rings. The van der Waals surface area contributed by atoms with Gasteiger partial charge in [-0.2, -0.15) is 4.68 Å². The van der Waals surface area contributed by atoms with E-state index in [0.29, 0.717) is 11.4 Å². The number of nitrogens with one attached hydrogen (secondary N) is 1. The molecule has 0 aliphatic rings. The van der Waals surface area contributed by atoms with E-state index in [2.05, 4.69) is 26.3 Å². The summed E-state index contributed by atoms with van der Waals surface area (Å²) >= 11 is 3.15. The molecular formula is C15H17BrN4O3. The molecule has 2 rings (SSSR count). The minimum Gasteiger partial charge on any atom is -0.358 e. The summed E-state index contributed by atoms with van der Waals surface area (Å²) in [4.78, 5) is 22.8. The van der Waals surface area contributed by atoms with Crippen molar-refractivity contribution >= 4 is 33.3 Å². The topological polar surface area (TPSA) is 90.1 Å². The van der Waals surface area contributed by atoms with Crippen LogP contribution in [0, 0.1) is 30.9 Å². The van der Waals surface area contributed by atoms with Crippen molar-refractivity contribution in [2.24, 2.45) is 0 Å². The number of nitrogens with zero attached hydrogens (tertiary/aromatic N) is 3. The van der Waals surface area contributed by atoms with Gasteiger partial charge in [-0.1, -0.05) is 6.07 Å². The minimum absolute atomic E-state index is 0.285. The van der Waals surface area contributed by atoms with Gasteiger partial charge >= 0.3 is 5.82 Å². The van der Waals surface area contributed by atoms with Crippen LogP contribution in [0.3, 0.4) is 0 Å². The fraction of sp³-hybridized carbons (Fsp3) is 0.333. The largest absolute Gasteiger partial charge is 0.404 e. The number of anilines is 1. The minimum atomic E-state index is -0.679. The molecule has 1 unspecified atom stereocenters. The smallest absolute Gasteiger partial charge is 0.358 e. The zero-order valence-electron chi connectivity index (χ0n) is 13.3. The average molecular weight is 381 g/mol. The molecule has 0 fully saturated rings. The molecule has 1 amide bonds. The van der Waals surface area contributed by atoms with Crippen LogP contribution >= 0.6 is 15.9 Å². The van der Waals surface area contributed by atoms with Crippen molar-refractivity contribution < 1.29 is 9.72 Å². The van der Waals surface area contributed by atoms with Crippen molar-refractivity contribution in [3.8, 4) is 0 Å². The maximum absolute atomic E-state index is 12.4. The summed E-state index contributed by atoms with van der Waals surface area (Å²) in [5.74, 6) is -0.588. The van der Waals surface area contributed by atoms with Gasteiger partial charge in [0.25, 0.3) is 5.91 Å². The van der Waals surface area contributed by atoms with Crippen molar-refractivity contribution in [2.75, 3.05) is 5.32 Å². The van der Waals surface area contributed by atoms with Crippen molar-refractivity contribution in [1.82, 2.24) is 9.78 Å². The number of rotatable bonds is 4. The Morgan fingerprint density at radius 3 is 2.52 bits per heavy atom. The third-order valence-corrected chi connectivity index (χ3v) is 4.68. The Bertz CT molecular complexity index is 785. The molecule has 0 spiro atoms. The highest BCUT2D eigenvalue weighted by molar-refractivity contribution is 9.10. The molecular weight excluding hydrogens is 364 g/mol. The van der Waals surface area contributed by atoms with Crippen LogP contribution in [0.5, 0.6) is 0 Å². The zero-order chi connectivity index (χ0) is 17.3. The van der Waals surface area contributed by atoms with E-state index in [-0.39, 0.29) is 16.2 Å². The van der Waals surface area contributed by atoms with Gasteiger partial charge in [-0.25, -0.2) is 0 Å². The second kappa shape index (κ2) is 6.49. The predicted octanol–water partition coefficient (Wildman–Crippen LogP) is 3.68. The highest BCUT2D eigenvalue weighted by atomic mass is 79.9. The standard InChI is InChI=1S/C15H17BrN4O3/c1-8-5-6-12(7-9(8)2)17-15(21)11(4)19-10(3)13(16)14(18-19)20(22)23/h5-7,11H,1-4H3,(H,17,21). The number of carbonyl (C=O) groups is 1. The van der Waals surface area contributed by atoms with E-state index in [9.17, 15) is 14.9 Å². The van der Waals surface area contributed by atoms with Crippen molar-refractivity contribution in [1.29, 1.82) is 0 Å². The number of halogens is 1. The molecule has 1 N–H and O–H groups in total. The van der Waals surface area contributed by atoms with Crippen LogP contribution in [0.4, 0.5) is 11.5 Å². The third-order valence-electron chi connectivity index (χ3n) is 3.75. The lowest BCUT2D eigenvalue weighted by atomic mass is 10.1. The molecule has 1 atom stereocenters. The first-order chi connectivity index (χ1) is 10.7. The van der Waals surface area contributed by atoms with E-state index in [1.54, 1.807) is 13.8 Å². The first-order valence-electron chi connectivity index (χ1n) is 6.99. The number of benzene rings is 1. The lowest BCUT2D eigenvalue weighted by Gasteiger charge is -2.12. The summed E-state index contributed by atoms with van der Waals surface area (Å²) < 4.78 is 1.63. The Balaban J connectivity index is 2.24. The van der Waals surface area contributed by atoms with Crippen LogP contribution in [0.2, 0.25) is 0 Å². The summed E-state index contributed by atoms with van der Waals surface area (Å²) in [7, 11) is 0. The van der Waals surface area contributed by atoms with Gasteiger partial charge in [0.2, 0.25) is 0 Å². The van der Waals surface area contributed by atoms with Gasteiger partial charge in [-0.3, -0.25) is 4.79 Å². The molecule has 0 aliphatic heterocycles. The lowest BCUT2D eigenvalue weighted by Crippen LogP contribution is -2.25. The fourth-order valence-corrected chi connectivity index (χ4v) is 2.56. The fourth-order valence-electron chi connectivity index (χ4n) is 2.15. The van der Waals surface area contributed by atoms with E-state index in [1.807, 2.05) is 32.0 Å². The summed E-state index contributed by atoms with van der Waals surface area (Å²) in [6, 6.07) is 4.95. The summed E-state index contributed by atoms with van der Waals surface area (Å²) in [6.07, 6.45) is 0. The van der Waals surface area contributed by atoms with Crippen LogP contribution in [-0.2, 0) is 4.79 Å². The summed E-state index contributed by atoms with van der Waals surface area (Å²) in [5.41, 5.74) is 3.42. The Hall–Kier alpha value is -2.22. The van der Waals surface area contributed by atoms with Crippen molar-refractivity contribution in [3.63, 3.8) is 0 Å². The van der Waals surface area contributed by atoms with Crippen molar-refractivity contribution in [2.45, 2.75) is 33.7 Å². The SMILES string of the molecule is Cc1ccc(NC(=O)C(C)n2nc([N+](=O)[O-])c(Br)c2C)cc1C. The van der Waals surface area contributed by atoms with Gasteiger partial charge in [0, 0.05) is 5.69 Å². The quantitative estimate of drug-likeness (QED) is 0.646. The van der Waals surface area contributed by atoms with E-state index >= 15 is 0 Å². The zero-order valence-corrected chi connectivity index (χ0v) is 14.8. The van der Waals surface area contributed by atoms with Crippen molar-refractivity contribution in [3.05, 3.63) is 49.6 Å². The van der Waals surface area contributed by atoms with Gasteiger partial charge in [-0.05, 0) is 71.8 Å². The van der Waals surface area contributed by atoms with E-state index in [0.717, 1.165) is 11.1 Å². The molecule has 7 nitrogen and oxygen atoms in total. The number of amides is 1. The maximum Gasteiger partial charge on any atom is 0.404 e. The second-order valence-corrected chi connectivity index (χ2v) is 6.18. The third kappa shape index (κ3) is 3.42. The normalized spacial score (nSPS) is 12.0. The van der Waals surface area contributed by atoms with Gasteiger partial charge < -0.3 is 15.4 Å². The number of aryl methyl sites for hydroxylation is 2. The molecule has 0 aliphatic carbocycles. The molecule has 0 saturated heterocycles. The second-order valence-electron chi connectivity index (χ2n) is 5.39. The van der Waals surface area contributed by atoms with Crippen LogP contribution in [0.15, 0.2) is 22.7 Å². The van der Waals surface area contributed by atoms with E-state index < -0.39 is 11.0 Å². The lowest BCUT2D eigenvalue weighted by molar-refractivity contribution is -0.390. The number of hydrogen-bond donors (Lipinski definition) is 1. The highest BCUT2D eigenvalue weighted by Crippen LogP contribution is 2.29. The number of nitro groups is 1. The first kappa shape index (κ1) is 17.1. The first-order valence-corrected chi connectivity index (χ1v) is 7.78. The molecule has 1 heterocycles. The predicted molar refractivity (Wildman–Crippen MR) is 90.6 cm³/mol. The molecule has 23 heavy (non-hydrogen) atoms. The number of aromatic nitrogens is 2.